The first-order valence-electron chi connectivity index (χ1n) is 8.23. The molecule has 0 aliphatic heterocycles. The van der Waals surface area contributed by atoms with E-state index in [9.17, 15) is 19.3 Å². The molecule has 2 aromatic heterocycles. The summed E-state index contributed by atoms with van der Waals surface area (Å²) >= 11 is 0. The second-order valence-electron chi connectivity index (χ2n) is 5.95. The van der Waals surface area contributed by atoms with Crippen LogP contribution in [0.25, 0.3) is 0 Å². The molecular formula is C17H17FN6O4. The lowest BCUT2D eigenvalue weighted by atomic mass is 10.2. The summed E-state index contributed by atoms with van der Waals surface area (Å²) in [6.45, 7) is 1.88. The highest BCUT2D eigenvalue weighted by Gasteiger charge is 2.25. The molecule has 1 atom stereocenters. The van der Waals surface area contributed by atoms with Crippen LogP contribution in [0.3, 0.4) is 0 Å². The molecule has 0 bridgehead atoms. The predicted molar refractivity (Wildman–Crippen MR) is 96.5 cm³/mol. The van der Waals surface area contributed by atoms with Crippen LogP contribution in [0.4, 0.5) is 15.9 Å². The number of benzene rings is 1. The maximum Gasteiger partial charge on any atom is 0.350 e. The summed E-state index contributed by atoms with van der Waals surface area (Å²) < 4.78 is 20.8. The minimum Gasteiger partial charge on any atom is -0.475 e. The zero-order chi connectivity index (χ0) is 20.3. The fraction of sp³-hybridized carbons (Fsp3) is 0.235. The van der Waals surface area contributed by atoms with Crippen molar-refractivity contribution in [3.63, 3.8) is 0 Å². The Morgan fingerprint density at radius 1 is 1.39 bits per heavy atom. The maximum absolute atomic E-state index is 13.3. The van der Waals surface area contributed by atoms with Crippen LogP contribution >= 0.6 is 0 Å². The molecule has 3 aromatic rings. The second kappa shape index (κ2) is 7.86. The van der Waals surface area contributed by atoms with Crippen LogP contribution in [-0.2, 0) is 11.3 Å². The van der Waals surface area contributed by atoms with Gasteiger partial charge in [-0.3, -0.25) is 19.6 Å². The number of hydrogen-bond donors (Lipinski definition) is 1. The van der Waals surface area contributed by atoms with Crippen LogP contribution in [0, 0.1) is 15.9 Å². The molecular weight excluding hydrogens is 371 g/mol. The van der Waals surface area contributed by atoms with Gasteiger partial charge in [-0.2, -0.15) is 5.10 Å². The van der Waals surface area contributed by atoms with Crippen LogP contribution in [0.5, 0.6) is 5.88 Å². The fourth-order valence-corrected chi connectivity index (χ4v) is 2.52. The normalized spacial score (nSPS) is 11.8. The lowest BCUT2D eigenvalue weighted by Gasteiger charge is -2.10. The van der Waals surface area contributed by atoms with E-state index in [1.54, 1.807) is 29.1 Å². The molecule has 28 heavy (non-hydrogen) atoms. The molecule has 3 rings (SSSR count). The number of amides is 1. The number of nitrogens with one attached hydrogen (secondary N) is 1. The number of anilines is 1. The van der Waals surface area contributed by atoms with Gasteiger partial charge < -0.3 is 10.1 Å². The first-order chi connectivity index (χ1) is 13.4. The van der Waals surface area contributed by atoms with E-state index in [1.807, 2.05) is 0 Å². The molecule has 0 radical (unpaired) electrons. The van der Waals surface area contributed by atoms with E-state index in [0.717, 1.165) is 16.4 Å². The van der Waals surface area contributed by atoms with E-state index in [4.69, 9.17) is 4.74 Å². The highest BCUT2D eigenvalue weighted by Crippen LogP contribution is 2.26. The molecule has 1 amide bonds. The van der Waals surface area contributed by atoms with Crippen molar-refractivity contribution in [2.24, 2.45) is 0 Å². The van der Waals surface area contributed by atoms with E-state index in [0.29, 0.717) is 12.4 Å². The third kappa shape index (κ3) is 4.14. The predicted octanol–water partition coefficient (Wildman–Crippen LogP) is 2.38. The lowest BCUT2D eigenvalue weighted by molar-refractivity contribution is -0.385. The number of hydrogen-bond acceptors (Lipinski definition) is 6. The highest BCUT2D eigenvalue weighted by molar-refractivity contribution is 5.92. The van der Waals surface area contributed by atoms with Gasteiger partial charge in [0.2, 0.25) is 5.91 Å². The van der Waals surface area contributed by atoms with Crippen molar-refractivity contribution in [2.45, 2.75) is 19.5 Å². The number of methoxy groups -OCH3 is 1. The van der Waals surface area contributed by atoms with Crippen LogP contribution in [0.2, 0.25) is 0 Å². The summed E-state index contributed by atoms with van der Waals surface area (Å²) in [4.78, 5) is 22.8. The quantitative estimate of drug-likeness (QED) is 0.491. The van der Waals surface area contributed by atoms with E-state index in [1.165, 1.54) is 26.2 Å². The second-order valence-corrected chi connectivity index (χ2v) is 5.95. The van der Waals surface area contributed by atoms with Gasteiger partial charge in [-0.1, -0.05) is 12.1 Å². The Morgan fingerprint density at radius 3 is 2.82 bits per heavy atom. The van der Waals surface area contributed by atoms with E-state index in [-0.39, 0.29) is 17.4 Å². The Balaban J connectivity index is 1.68. The van der Waals surface area contributed by atoms with Gasteiger partial charge in [0.1, 0.15) is 18.1 Å². The minimum absolute atomic E-state index is 0.177. The Kier molecular flexibility index (Phi) is 5.34. The molecule has 0 fully saturated rings. The number of ether oxygens (including phenoxy) is 1. The molecule has 2 heterocycles. The van der Waals surface area contributed by atoms with E-state index >= 15 is 0 Å². The first-order valence-corrected chi connectivity index (χ1v) is 8.23. The van der Waals surface area contributed by atoms with Crippen molar-refractivity contribution in [1.29, 1.82) is 0 Å². The summed E-state index contributed by atoms with van der Waals surface area (Å²) in [5, 5.41) is 21.7. The highest BCUT2D eigenvalue weighted by atomic mass is 19.1. The summed E-state index contributed by atoms with van der Waals surface area (Å²) in [5.41, 5.74) is 0.395. The number of nitro groups is 1. The van der Waals surface area contributed by atoms with Gasteiger partial charge in [-0.15, -0.1) is 5.10 Å². The van der Waals surface area contributed by atoms with Gasteiger partial charge in [-0.05, 0) is 24.6 Å². The monoisotopic (exact) mass is 388 g/mol. The lowest BCUT2D eigenvalue weighted by Crippen LogP contribution is -2.24. The van der Waals surface area contributed by atoms with Crippen molar-refractivity contribution in [3.05, 3.63) is 64.2 Å². The van der Waals surface area contributed by atoms with E-state index in [2.05, 4.69) is 15.5 Å². The molecule has 1 unspecified atom stereocenters. The maximum atomic E-state index is 13.3. The molecule has 0 aliphatic rings. The van der Waals surface area contributed by atoms with Crippen LogP contribution in [0.15, 0.2) is 42.7 Å². The molecule has 1 aromatic carbocycles. The third-order valence-corrected chi connectivity index (χ3v) is 3.97. The third-order valence-electron chi connectivity index (χ3n) is 3.97. The summed E-state index contributed by atoms with van der Waals surface area (Å²) in [7, 11) is 1.26. The molecule has 0 aliphatic carbocycles. The summed E-state index contributed by atoms with van der Waals surface area (Å²) in [6.07, 6.45) is 2.78. The number of aromatic nitrogens is 4. The average Bonchev–Trinajstić information content (AvgIpc) is 3.28. The van der Waals surface area contributed by atoms with Crippen molar-refractivity contribution >= 4 is 17.4 Å². The minimum atomic E-state index is -0.837. The Hall–Kier alpha value is -3.76. The Bertz CT molecular complexity index is 1010. The zero-order valence-corrected chi connectivity index (χ0v) is 15.1. The molecule has 11 heteroatoms. The standard InChI is InChI=1S/C17H17FN6O4/c1-11(23-10-14(24(26)27)17(21-23)28-2)16(25)19-15-6-7-22(20-15)9-12-4-3-5-13(18)8-12/h3-8,10-11H,9H2,1-2H3,(H,19,20,25). The van der Waals surface area contributed by atoms with Crippen LogP contribution in [-0.4, -0.2) is 37.5 Å². The number of carbonyl (C=O) groups excluding carboxylic acids is 1. The van der Waals surface area contributed by atoms with Gasteiger partial charge >= 0.3 is 11.6 Å². The molecule has 146 valence electrons. The SMILES string of the molecule is COc1nn(C(C)C(=O)Nc2ccn(Cc3cccc(F)c3)n2)cc1[N+](=O)[O-]. The molecule has 0 spiro atoms. The van der Waals surface area contributed by atoms with Gasteiger partial charge in [0.05, 0.1) is 18.6 Å². The zero-order valence-electron chi connectivity index (χ0n) is 15.1. The summed E-state index contributed by atoms with van der Waals surface area (Å²) in [6, 6.07) is 6.89. The smallest absolute Gasteiger partial charge is 0.350 e. The van der Waals surface area contributed by atoms with Crippen LogP contribution in [0.1, 0.15) is 18.5 Å². The van der Waals surface area contributed by atoms with Crippen molar-refractivity contribution in [2.75, 3.05) is 12.4 Å². The van der Waals surface area contributed by atoms with Crippen LogP contribution < -0.4 is 10.1 Å². The fourth-order valence-electron chi connectivity index (χ4n) is 2.52. The molecule has 1 N–H and O–H groups in total. The largest absolute Gasteiger partial charge is 0.475 e. The van der Waals surface area contributed by atoms with Gasteiger partial charge in [0.25, 0.3) is 0 Å². The first kappa shape index (κ1) is 19.0. The van der Waals surface area contributed by atoms with E-state index < -0.39 is 16.9 Å². The average molecular weight is 388 g/mol. The molecule has 10 nitrogen and oxygen atoms in total. The van der Waals surface area contributed by atoms with Gasteiger partial charge in [-0.25, -0.2) is 9.07 Å². The number of halogens is 1. The molecule has 0 saturated heterocycles. The summed E-state index contributed by atoms with van der Waals surface area (Å²) in [5.74, 6) is -0.683. The van der Waals surface area contributed by atoms with Gasteiger partial charge in [0, 0.05) is 12.3 Å². The van der Waals surface area contributed by atoms with Crippen molar-refractivity contribution in [1.82, 2.24) is 19.6 Å². The number of nitrogens with zero attached hydrogens (tertiary/aromatic N) is 5. The number of carbonyl (C=O) groups is 1. The topological polar surface area (TPSA) is 117 Å². The Labute approximate surface area is 158 Å². The number of rotatable bonds is 7. The van der Waals surface area contributed by atoms with Crippen molar-refractivity contribution in [3.8, 4) is 5.88 Å². The van der Waals surface area contributed by atoms with Crippen molar-refractivity contribution < 1.29 is 18.8 Å². The Morgan fingerprint density at radius 2 is 2.18 bits per heavy atom. The van der Waals surface area contributed by atoms with Gasteiger partial charge in [0.15, 0.2) is 5.82 Å². The molecule has 0 saturated carbocycles.